The van der Waals surface area contributed by atoms with Gasteiger partial charge in [0.1, 0.15) is 23.5 Å². The van der Waals surface area contributed by atoms with E-state index in [1.807, 2.05) is 11.0 Å². The van der Waals surface area contributed by atoms with Crippen LogP contribution in [0, 0.1) is 28.9 Å². The van der Waals surface area contributed by atoms with Crippen molar-refractivity contribution in [1.82, 2.24) is 15.2 Å². The predicted octanol–water partition coefficient (Wildman–Crippen LogP) is 4.81. The minimum absolute atomic E-state index is 0.0972. The molecule has 6 rings (SSSR count). The van der Waals surface area contributed by atoms with E-state index in [9.17, 15) is 18.4 Å². The quantitative estimate of drug-likeness (QED) is 0.460. The van der Waals surface area contributed by atoms with Gasteiger partial charge in [0.05, 0.1) is 16.5 Å². The molecule has 2 aliphatic heterocycles. The lowest BCUT2D eigenvalue weighted by atomic mass is 9.71. The van der Waals surface area contributed by atoms with Crippen molar-refractivity contribution in [2.75, 3.05) is 31.1 Å². The van der Waals surface area contributed by atoms with E-state index in [-0.39, 0.29) is 29.4 Å². The third kappa shape index (κ3) is 5.34. The number of nitrogens with one attached hydrogen (secondary N) is 1. The molecule has 1 N–H and O–H groups in total. The third-order valence-electron chi connectivity index (χ3n) is 9.30. The Bertz CT molecular complexity index is 1480. The number of benzene rings is 2. The minimum atomic E-state index is -0.898. The van der Waals surface area contributed by atoms with E-state index < -0.39 is 11.0 Å². The molecular weight excluding hydrogens is 536 g/mol. The lowest BCUT2D eigenvalue weighted by Crippen LogP contribution is -2.55. The van der Waals surface area contributed by atoms with Crippen molar-refractivity contribution in [2.24, 2.45) is 5.92 Å². The Hall–Kier alpha value is -4.32. The van der Waals surface area contributed by atoms with E-state index in [1.54, 1.807) is 36.5 Å². The van der Waals surface area contributed by atoms with Crippen molar-refractivity contribution < 1.29 is 18.4 Å². The molecule has 0 spiro atoms. The van der Waals surface area contributed by atoms with Crippen molar-refractivity contribution in [3.8, 4) is 6.07 Å². The van der Waals surface area contributed by atoms with Gasteiger partial charge in [-0.1, -0.05) is 24.3 Å². The highest BCUT2D eigenvalue weighted by Crippen LogP contribution is 2.47. The van der Waals surface area contributed by atoms with Gasteiger partial charge in [-0.05, 0) is 86.1 Å². The number of anilines is 1. The van der Waals surface area contributed by atoms with Crippen molar-refractivity contribution in [3.63, 3.8) is 0 Å². The number of nitrogens with zero attached hydrogens (tertiary/aromatic N) is 4. The number of likely N-dealkylation sites (tertiary alicyclic amines) is 1. The molecule has 42 heavy (non-hydrogen) atoms. The van der Waals surface area contributed by atoms with Crippen molar-refractivity contribution >= 4 is 17.6 Å². The number of amides is 2. The van der Waals surface area contributed by atoms with E-state index in [2.05, 4.69) is 21.3 Å². The lowest BCUT2D eigenvalue weighted by Gasteiger charge is -2.43. The zero-order chi connectivity index (χ0) is 29.3. The number of rotatable bonds is 6. The van der Waals surface area contributed by atoms with E-state index in [4.69, 9.17) is 5.26 Å². The number of carbonyl (C=O) groups excluding carboxylic acids is 2. The van der Waals surface area contributed by atoms with Gasteiger partial charge < -0.3 is 15.1 Å². The molecule has 3 heterocycles. The highest BCUT2D eigenvalue weighted by molar-refractivity contribution is 5.90. The Labute approximate surface area is 244 Å². The smallest absolute Gasteiger partial charge is 0.231 e. The molecule has 7 nitrogen and oxygen atoms in total. The number of aromatic nitrogens is 1. The van der Waals surface area contributed by atoms with Gasteiger partial charge in [0.2, 0.25) is 11.8 Å². The van der Waals surface area contributed by atoms with Crippen LogP contribution in [0.25, 0.3) is 0 Å². The molecule has 2 saturated heterocycles. The van der Waals surface area contributed by atoms with E-state index in [1.165, 1.54) is 24.3 Å². The standard InChI is InChI=1S/C33H33F2N5O2/c34-27-6-2-25(3-7-27)32(31(42)38-33(13-14-33)26-4-8-28(35)9-5-26)15-19-40(20-16-32)30(41)24-11-17-39(18-12-24)29-10-1-23(21-36)22-37-29/h1-10,22,24H,11-20H2,(H,38,42). The minimum Gasteiger partial charge on any atom is -0.357 e. The van der Waals surface area contributed by atoms with Crippen molar-refractivity contribution in [2.45, 2.75) is 49.5 Å². The Kier molecular flexibility index (Phi) is 7.40. The molecule has 1 aromatic heterocycles. The summed E-state index contributed by atoms with van der Waals surface area (Å²) in [5.74, 6) is 0.000510. The van der Waals surface area contributed by atoms with Crippen LogP contribution >= 0.6 is 0 Å². The topological polar surface area (TPSA) is 89.3 Å². The number of piperidine rings is 2. The van der Waals surface area contributed by atoms with Crippen LogP contribution in [0.3, 0.4) is 0 Å². The zero-order valence-electron chi connectivity index (χ0n) is 23.4. The van der Waals surface area contributed by atoms with Gasteiger partial charge in [0.15, 0.2) is 0 Å². The summed E-state index contributed by atoms with van der Waals surface area (Å²) in [6.07, 6.45) is 5.39. The van der Waals surface area contributed by atoms with Crippen molar-refractivity contribution in [3.05, 3.63) is 95.2 Å². The van der Waals surface area contributed by atoms with Crippen LogP contribution in [0.5, 0.6) is 0 Å². The molecule has 1 aliphatic carbocycles. The first-order valence-corrected chi connectivity index (χ1v) is 14.6. The largest absolute Gasteiger partial charge is 0.357 e. The molecule has 0 atom stereocenters. The summed E-state index contributed by atoms with van der Waals surface area (Å²) in [7, 11) is 0. The lowest BCUT2D eigenvalue weighted by molar-refractivity contribution is -0.141. The normalized spacial score (nSPS) is 19.5. The maximum Gasteiger partial charge on any atom is 0.231 e. The highest BCUT2D eigenvalue weighted by atomic mass is 19.1. The van der Waals surface area contributed by atoms with E-state index >= 15 is 0 Å². The van der Waals surface area contributed by atoms with Gasteiger partial charge >= 0.3 is 0 Å². The van der Waals surface area contributed by atoms with Crippen LogP contribution < -0.4 is 10.2 Å². The third-order valence-corrected chi connectivity index (χ3v) is 9.30. The SMILES string of the molecule is N#Cc1ccc(N2CCC(C(=O)N3CCC(C(=O)NC4(c5ccc(F)cc5)CC4)(c4ccc(F)cc4)CC3)CC2)nc1. The Morgan fingerprint density at radius 1 is 0.833 bits per heavy atom. The van der Waals surface area contributed by atoms with Gasteiger partial charge in [0.25, 0.3) is 0 Å². The molecule has 3 aromatic rings. The summed E-state index contributed by atoms with van der Waals surface area (Å²) in [4.78, 5) is 36.0. The fourth-order valence-corrected chi connectivity index (χ4v) is 6.49. The Morgan fingerprint density at radius 2 is 1.43 bits per heavy atom. The second kappa shape index (κ2) is 11.2. The molecule has 9 heteroatoms. The summed E-state index contributed by atoms with van der Waals surface area (Å²) in [6.45, 7) is 2.28. The maximum absolute atomic E-state index is 14.1. The number of nitriles is 1. The first kappa shape index (κ1) is 27.8. The predicted molar refractivity (Wildman–Crippen MR) is 153 cm³/mol. The summed E-state index contributed by atoms with van der Waals surface area (Å²) < 4.78 is 27.4. The van der Waals surface area contributed by atoms with Crippen molar-refractivity contribution in [1.29, 1.82) is 5.26 Å². The molecular formula is C33H33F2N5O2. The average Bonchev–Trinajstić information content (AvgIpc) is 3.82. The van der Waals surface area contributed by atoms with Crippen LogP contribution in [0.2, 0.25) is 0 Å². The van der Waals surface area contributed by atoms with Crippen LogP contribution in [-0.4, -0.2) is 47.9 Å². The second-order valence-electron chi connectivity index (χ2n) is 11.7. The molecule has 0 unspecified atom stereocenters. The molecule has 3 fully saturated rings. The summed E-state index contributed by atoms with van der Waals surface area (Å²) >= 11 is 0. The van der Waals surface area contributed by atoms with Crippen LogP contribution in [-0.2, 0) is 20.5 Å². The first-order chi connectivity index (χ1) is 20.3. The van der Waals surface area contributed by atoms with Crippen LogP contribution in [0.1, 0.15) is 55.2 Å². The molecule has 3 aliphatic rings. The number of carbonyl (C=O) groups is 2. The molecule has 0 bridgehead atoms. The maximum atomic E-state index is 14.1. The zero-order valence-corrected chi connectivity index (χ0v) is 23.4. The summed E-state index contributed by atoms with van der Waals surface area (Å²) in [6, 6.07) is 18.0. The molecule has 1 saturated carbocycles. The molecule has 2 aromatic carbocycles. The Balaban J connectivity index is 1.13. The van der Waals surface area contributed by atoms with E-state index in [0.717, 1.165) is 29.8 Å². The highest BCUT2D eigenvalue weighted by Gasteiger charge is 2.51. The number of halogens is 2. The fraction of sp³-hybridized carbons (Fsp3) is 0.394. The van der Waals surface area contributed by atoms with E-state index in [0.29, 0.717) is 57.4 Å². The average molecular weight is 570 g/mol. The summed E-state index contributed by atoms with van der Waals surface area (Å²) in [5.41, 5.74) is 0.711. The molecule has 0 radical (unpaired) electrons. The first-order valence-electron chi connectivity index (χ1n) is 14.6. The van der Waals surface area contributed by atoms with Crippen LogP contribution in [0.15, 0.2) is 66.9 Å². The van der Waals surface area contributed by atoms with Gasteiger partial charge in [0, 0.05) is 38.3 Å². The van der Waals surface area contributed by atoms with Gasteiger partial charge in [-0.3, -0.25) is 9.59 Å². The Morgan fingerprint density at radius 3 is 1.95 bits per heavy atom. The second-order valence-corrected chi connectivity index (χ2v) is 11.7. The fourth-order valence-electron chi connectivity index (χ4n) is 6.49. The number of hydrogen-bond donors (Lipinski definition) is 1. The van der Waals surface area contributed by atoms with Gasteiger partial charge in [-0.25, -0.2) is 13.8 Å². The number of pyridine rings is 1. The monoisotopic (exact) mass is 569 g/mol. The number of hydrogen-bond acceptors (Lipinski definition) is 5. The van der Waals surface area contributed by atoms with Crippen LogP contribution in [0.4, 0.5) is 14.6 Å². The summed E-state index contributed by atoms with van der Waals surface area (Å²) in [5, 5.41) is 12.3. The molecule has 216 valence electrons. The molecule has 2 amide bonds. The van der Waals surface area contributed by atoms with Gasteiger partial charge in [-0.2, -0.15) is 5.26 Å². The van der Waals surface area contributed by atoms with Gasteiger partial charge in [-0.15, -0.1) is 0 Å².